The Morgan fingerprint density at radius 3 is 2.25 bits per heavy atom. The van der Waals surface area contributed by atoms with Crippen LogP contribution in [0.15, 0.2) is 0 Å². The molecule has 1 fully saturated rings. The summed E-state index contributed by atoms with van der Waals surface area (Å²) < 4.78 is 22.2. The van der Waals surface area contributed by atoms with Crippen molar-refractivity contribution in [2.75, 3.05) is 51.3 Å². The fraction of sp³-hybridized carbons (Fsp3) is 0.923. The van der Waals surface area contributed by atoms with Gasteiger partial charge in [0.05, 0.1) is 12.3 Å². The van der Waals surface area contributed by atoms with Crippen LogP contribution < -0.4 is 5.32 Å². The molecule has 0 aliphatic carbocycles. The Labute approximate surface area is 122 Å². The van der Waals surface area contributed by atoms with Crippen LogP contribution in [0.4, 0.5) is 0 Å². The highest BCUT2D eigenvalue weighted by Gasteiger charge is 2.19. The van der Waals surface area contributed by atoms with Crippen LogP contribution in [0.2, 0.25) is 0 Å². The highest BCUT2D eigenvalue weighted by molar-refractivity contribution is 7.90. The number of hydrogen-bond acceptors (Lipinski definition) is 5. The summed E-state index contributed by atoms with van der Waals surface area (Å²) in [6, 6.07) is 0.221. The van der Waals surface area contributed by atoms with E-state index >= 15 is 0 Å². The van der Waals surface area contributed by atoms with Crippen molar-refractivity contribution in [1.29, 1.82) is 0 Å². The Morgan fingerprint density at radius 2 is 1.75 bits per heavy atom. The summed E-state index contributed by atoms with van der Waals surface area (Å²) in [5.74, 6) is 0.283. The smallest absolute Gasteiger partial charge is 0.234 e. The van der Waals surface area contributed by atoms with Crippen molar-refractivity contribution < 1.29 is 13.2 Å². The number of carbonyl (C=O) groups is 1. The third-order valence-electron chi connectivity index (χ3n) is 3.63. The van der Waals surface area contributed by atoms with Crippen LogP contribution in [0.25, 0.3) is 0 Å². The monoisotopic (exact) mass is 305 g/mol. The molecule has 1 rings (SSSR count). The average molecular weight is 305 g/mol. The summed E-state index contributed by atoms with van der Waals surface area (Å²) in [5.41, 5.74) is 0. The number of amides is 1. The fourth-order valence-corrected chi connectivity index (χ4v) is 2.68. The van der Waals surface area contributed by atoms with Crippen LogP contribution >= 0.6 is 0 Å². The lowest BCUT2D eigenvalue weighted by Gasteiger charge is -2.34. The lowest BCUT2D eigenvalue weighted by Crippen LogP contribution is -2.50. The molecular weight excluding hydrogens is 278 g/mol. The average Bonchev–Trinajstić information content (AvgIpc) is 2.36. The molecular formula is C13H27N3O3S. The summed E-state index contributed by atoms with van der Waals surface area (Å²) >= 11 is 0. The maximum Gasteiger partial charge on any atom is 0.234 e. The van der Waals surface area contributed by atoms with Gasteiger partial charge in [-0.2, -0.15) is 0 Å². The number of nitrogens with zero attached hydrogens (tertiary/aromatic N) is 2. The van der Waals surface area contributed by atoms with Crippen LogP contribution in [0.1, 0.15) is 20.3 Å². The van der Waals surface area contributed by atoms with E-state index in [-0.39, 0.29) is 17.7 Å². The van der Waals surface area contributed by atoms with Gasteiger partial charge >= 0.3 is 0 Å². The van der Waals surface area contributed by atoms with Gasteiger partial charge in [0.1, 0.15) is 9.84 Å². The second kappa shape index (κ2) is 7.95. The van der Waals surface area contributed by atoms with E-state index in [9.17, 15) is 13.2 Å². The van der Waals surface area contributed by atoms with Crippen molar-refractivity contribution in [1.82, 2.24) is 15.1 Å². The number of rotatable bonds is 7. The predicted molar refractivity (Wildman–Crippen MR) is 80.5 cm³/mol. The van der Waals surface area contributed by atoms with Gasteiger partial charge < -0.3 is 5.32 Å². The minimum Gasteiger partial charge on any atom is -0.353 e. The van der Waals surface area contributed by atoms with E-state index in [0.29, 0.717) is 13.1 Å². The van der Waals surface area contributed by atoms with Crippen molar-refractivity contribution in [2.45, 2.75) is 26.3 Å². The minimum absolute atomic E-state index is 0.0731. The Balaban J connectivity index is 2.23. The van der Waals surface area contributed by atoms with Crippen molar-refractivity contribution in [3.63, 3.8) is 0 Å². The Morgan fingerprint density at radius 1 is 1.20 bits per heavy atom. The third-order valence-corrected chi connectivity index (χ3v) is 4.55. The van der Waals surface area contributed by atoms with Crippen molar-refractivity contribution in [2.24, 2.45) is 0 Å². The van der Waals surface area contributed by atoms with Crippen molar-refractivity contribution in [3.05, 3.63) is 0 Å². The summed E-state index contributed by atoms with van der Waals surface area (Å²) in [5, 5.41) is 2.96. The van der Waals surface area contributed by atoms with E-state index in [1.54, 1.807) is 0 Å². The van der Waals surface area contributed by atoms with Crippen LogP contribution in [0.5, 0.6) is 0 Å². The molecule has 1 aliphatic heterocycles. The molecule has 0 radical (unpaired) electrons. The maximum atomic E-state index is 11.8. The molecule has 0 aromatic heterocycles. The van der Waals surface area contributed by atoms with Gasteiger partial charge in [-0.15, -0.1) is 0 Å². The first-order valence-corrected chi connectivity index (χ1v) is 9.28. The van der Waals surface area contributed by atoms with Crippen LogP contribution in [-0.4, -0.2) is 81.4 Å². The number of carbonyl (C=O) groups excluding carboxylic acids is 1. The second-order valence-corrected chi connectivity index (χ2v) is 7.88. The van der Waals surface area contributed by atoms with Gasteiger partial charge in [0.2, 0.25) is 5.91 Å². The molecule has 1 saturated heterocycles. The van der Waals surface area contributed by atoms with Gasteiger partial charge in [-0.25, -0.2) is 8.42 Å². The normalized spacial score (nSPS) is 19.8. The second-order valence-electron chi connectivity index (χ2n) is 5.62. The summed E-state index contributed by atoms with van der Waals surface area (Å²) in [4.78, 5) is 16.0. The standard InChI is InChI=1S/C13H27N3O3S/c1-4-12(2)14-13(17)11-16-7-5-15(6-8-16)9-10-20(3,18)19/h12H,4-11H2,1-3H3,(H,14,17). The predicted octanol–water partition coefficient (Wildman–Crippen LogP) is -0.437. The third kappa shape index (κ3) is 7.21. The molecule has 118 valence electrons. The maximum absolute atomic E-state index is 11.8. The van der Waals surface area contributed by atoms with Crippen molar-refractivity contribution in [3.8, 4) is 0 Å². The van der Waals surface area contributed by atoms with E-state index < -0.39 is 9.84 Å². The van der Waals surface area contributed by atoms with E-state index in [0.717, 1.165) is 32.6 Å². The van der Waals surface area contributed by atoms with Gasteiger partial charge in [0, 0.05) is 45.0 Å². The van der Waals surface area contributed by atoms with Gasteiger partial charge in [-0.1, -0.05) is 6.92 Å². The largest absolute Gasteiger partial charge is 0.353 e. The van der Waals surface area contributed by atoms with E-state index in [1.165, 1.54) is 6.26 Å². The fourth-order valence-electron chi connectivity index (χ4n) is 2.09. The first kappa shape index (κ1) is 17.4. The van der Waals surface area contributed by atoms with Crippen LogP contribution in [0.3, 0.4) is 0 Å². The quantitative estimate of drug-likeness (QED) is 0.691. The lowest BCUT2D eigenvalue weighted by atomic mass is 10.2. The molecule has 0 aromatic rings. The SMILES string of the molecule is CCC(C)NC(=O)CN1CCN(CCS(C)(=O)=O)CC1. The number of hydrogen-bond donors (Lipinski definition) is 1. The van der Waals surface area contributed by atoms with Gasteiger partial charge in [-0.3, -0.25) is 14.6 Å². The number of nitrogens with one attached hydrogen (secondary N) is 1. The molecule has 7 heteroatoms. The molecule has 1 aliphatic rings. The Bertz CT molecular complexity index is 403. The molecule has 1 unspecified atom stereocenters. The van der Waals surface area contributed by atoms with E-state index in [4.69, 9.17) is 0 Å². The zero-order valence-electron chi connectivity index (χ0n) is 12.8. The highest BCUT2D eigenvalue weighted by Crippen LogP contribution is 2.02. The van der Waals surface area contributed by atoms with Crippen LogP contribution in [0, 0.1) is 0 Å². The van der Waals surface area contributed by atoms with Crippen LogP contribution in [-0.2, 0) is 14.6 Å². The molecule has 20 heavy (non-hydrogen) atoms. The summed E-state index contributed by atoms with van der Waals surface area (Å²) in [6.45, 7) is 8.36. The topological polar surface area (TPSA) is 69.7 Å². The highest BCUT2D eigenvalue weighted by atomic mass is 32.2. The molecule has 1 heterocycles. The Hall–Kier alpha value is -0.660. The number of piperazine rings is 1. The lowest BCUT2D eigenvalue weighted by molar-refractivity contribution is -0.123. The zero-order chi connectivity index (χ0) is 15.2. The molecule has 0 saturated carbocycles. The molecule has 0 aromatic carbocycles. The first-order valence-electron chi connectivity index (χ1n) is 7.22. The van der Waals surface area contributed by atoms with E-state index in [1.807, 2.05) is 13.8 Å². The van der Waals surface area contributed by atoms with Gasteiger partial charge in [0.15, 0.2) is 0 Å². The number of sulfone groups is 1. The minimum atomic E-state index is -2.89. The molecule has 0 bridgehead atoms. The van der Waals surface area contributed by atoms with E-state index in [2.05, 4.69) is 15.1 Å². The zero-order valence-corrected chi connectivity index (χ0v) is 13.6. The van der Waals surface area contributed by atoms with Crippen molar-refractivity contribution >= 4 is 15.7 Å². The molecule has 1 amide bonds. The molecule has 6 nitrogen and oxygen atoms in total. The molecule has 1 atom stereocenters. The van der Waals surface area contributed by atoms with Gasteiger partial charge in [-0.05, 0) is 13.3 Å². The van der Waals surface area contributed by atoms with Gasteiger partial charge in [0.25, 0.3) is 0 Å². The summed E-state index contributed by atoms with van der Waals surface area (Å²) in [7, 11) is -2.89. The molecule has 0 spiro atoms. The summed E-state index contributed by atoms with van der Waals surface area (Å²) in [6.07, 6.45) is 2.20. The first-order chi connectivity index (χ1) is 9.30. The Kier molecular flexibility index (Phi) is 6.91. The molecule has 1 N–H and O–H groups in total.